The van der Waals surface area contributed by atoms with Crippen LogP contribution in [0.4, 0.5) is 16.2 Å². The van der Waals surface area contributed by atoms with Crippen LogP contribution in [0.1, 0.15) is 25.8 Å². The largest absolute Gasteiger partial charge is 0.396 e. The quantitative estimate of drug-likeness (QED) is 0.273. The number of benzene rings is 2. The minimum atomic E-state index is -1.44. The van der Waals surface area contributed by atoms with Crippen molar-refractivity contribution < 1.29 is 29.4 Å². The van der Waals surface area contributed by atoms with Crippen molar-refractivity contribution in [3.8, 4) is 0 Å². The molecule has 0 unspecified atom stereocenters. The topological polar surface area (TPSA) is 157 Å². The Morgan fingerprint density at radius 1 is 0.882 bits per heavy atom. The fourth-order valence-corrected chi connectivity index (χ4v) is 2.75. The number of para-hydroxylation sites is 1. The number of hydrogen-bond acceptors (Lipinski definition) is 6. The van der Waals surface area contributed by atoms with Crippen molar-refractivity contribution in [1.82, 2.24) is 10.6 Å². The van der Waals surface area contributed by atoms with Crippen molar-refractivity contribution in [3.05, 3.63) is 60.2 Å². The SMILES string of the molecule is CC(C)(CO)[C@@H](O)C(=O)NCCC(=O)C(=O)NCc1ccc(NC(=O)Nc2ccccc2)cc1. The Labute approximate surface area is 197 Å². The summed E-state index contributed by atoms with van der Waals surface area (Å²) in [6.45, 7) is 2.66. The summed E-state index contributed by atoms with van der Waals surface area (Å²) >= 11 is 0. The maximum atomic E-state index is 12.0. The molecule has 4 amide bonds. The smallest absolute Gasteiger partial charge is 0.323 e. The molecule has 2 aromatic carbocycles. The van der Waals surface area contributed by atoms with Gasteiger partial charge >= 0.3 is 6.03 Å². The molecule has 0 aliphatic rings. The normalized spacial score (nSPS) is 11.8. The lowest BCUT2D eigenvalue weighted by Crippen LogP contribution is -2.46. The van der Waals surface area contributed by atoms with Crippen LogP contribution in [0.25, 0.3) is 0 Å². The number of rotatable bonds is 11. The van der Waals surface area contributed by atoms with Gasteiger partial charge in [-0.2, -0.15) is 0 Å². The second-order valence-electron chi connectivity index (χ2n) is 8.34. The molecule has 0 heterocycles. The summed E-state index contributed by atoms with van der Waals surface area (Å²) in [4.78, 5) is 47.9. The Kier molecular flexibility index (Phi) is 9.72. The first-order valence-corrected chi connectivity index (χ1v) is 10.7. The van der Waals surface area contributed by atoms with E-state index in [9.17, 15) is 29.4 Å². The van der Waals surface area contributed by atoms with Gasteiger partial charge in [-0.25, -0.2) is 4.79 Å². The lowest BCUT2D eigenvalue weighted by molar-refractivity contribution is -0.139. The van der Waals surface area contributed by atoms with E-state index in [4.69, 9.17) is 0 Å². The minimum absolute atomic E-state index is 0.108. The Morgan fingerprint density at radius 2 is 1.47 bits per heavy atom. The number of ketones is 1. The Bertz CT molecular complexity index is 992. The van der Waals surface area contributed by atoms with E-state index in [1.807, 2.05) is 18.2 Å². The molecule has 2 aromatic rings. The molecular weight excluding hydrogens is 440 g/mol. The summed E-state index contributed by atoms with van der Waals surface area (Å²) in [6, 6.07) is 15.3. The zero-order chi connectivity index (χ0) is 25.1. The van der Waals surface area contributed by atoms with Crippen LogP contribution >= 0.6 is 0 Å². The average molecular weight is 471 g/mol. The van der Waals surface area contributed by atoms with Gasteiger partial charge in [0.1, 0.15) is 6.10 Å². The number of Topliss-reactive ketones (excluding diaryl/α,β-unsaturated/α-hetero) is 1. The van der Waals surface area contributed by atoms with Crippen molar-refractivity contribution in [2.24, 2.45) is 5.41 Å². The number of carbonyl (C=O) groups is 4. The first kappa shape index (κ1) is 26.5. The predicted octanol–water partition coefficient (Wildman–Crippen LogP) is 1.40. The van der Waals surface area contributed by atoms with E-state index in [1.165, 1.54) is 13.8 Å². The molecule has 0 fully saturated rings. The third-order valence-corrected chi connectivity index (χ3v) is 5.00. The molecule has 0 aromatic heterocycles. The van der Waals surface area contributed by atoms with E-state index in [0.717, 1.165) is 5.56 Å². The zero-order valence-corrected chi connectivity index (χ0v) is 19.1. The van der Waals surface area contributed by atoms with E-state index in [-0.39, 0.29) is 26.1 Å². The molecule has 0 saturated heterocycles. The van der Waals surface area contributed by atoms with Crippen LogP contribution in [-0.4, -0.2) is 53.1 Å². The van der Waals surface area contributed by atoms with E-state index >= 15 is 0 Å². The summed E-state index contributed by atoms with van der Waals surface area (Å²) in [7, 11) is 0. The molecule has 0 bridgehead atoms. The molecule has 0 radical (unpaired) electrons. The van der Waals surface area contributed by atoms with Crippen molar-refractivity contribution in [1.29, 1.82) is 0 Å². The molecule has 6 N–H and O–H groups in total. The molecule has 182 valence electrons. The highest BCUT2D eigenvalue weighted by Gasteiger charge is 2.32. The van der Waals surface area contributed by atoms with E-state index in [2.05, 4.69) is 21.3 Å². The van der Waals surface area contributed by atoms with Crippen LogP contribution < -0.4 is 21.3 Å². The molecule has 10 heteroatoms. The van der Waals surface area contributed by atoms with Gasteiger partial charge in [-0.15, -0.1) is 0 Å². The van der Waals surface area contributed by atoms with Gasteiger partial charge in [-0.1, -0.05) is 44.2 Å². The molecule has 0 aliphatic carbocycles. The second kappa shape index (κ2) is 12.5. The molecule has 34 heavy (non-hydrogen) atoms. The molecule has 0 aliphatic heterocycles. The third kappa shape index (κ3) is 8.30. The van der Waals surface area contributed by atoms with Gasteiger partial charge in [-0.3, -0.25) is 14.4 Å². The number of anilines is 2. The van der Waals surface area contributed by atoms with Crippen LogP contribution in [0.2, 0.25) is 0 Å². The van der Waals surface area contributed by atoms with E-state index < -0.39 is 35.1 Å². The average Bonchev–Trinajstić information content (AvgIpc) is 2.83. The van der Waals surface area contributed by atoms with Gasteiger partial charge in [0.05, 0.1) is 6.61 Å². The van der Waals surface area contributed by atoms with Crippen LogP contribution in [0.15, 0.2) is 54.6 Å². The number of aliphatic hydroxyl groups is 2. The van der Waals surface area contributed by atoms with Crippen LogP contribution in [0, 0.1) is 5.41 Å². The number of amides is 4. The van der Waals surface area contributed by atoms with Crippen LogP contribution in [-0.2, 0) is 20.9 Å². The summed E-state index contributed by atoms with van der Waals surface area (Å²) in [6.07, 6.45) is -1.67. The molecule has 0 spiro atoms. The number of urea groups is 1. The Balaban J connectivity index is 1.72. The predicted molar refractivity (Wildman–Crippen MR) is 127 cm³/mol. The Morgan fingerprint density at radius 3 is 2.06 bits per heavy atom. The number of hydrogen-bond donors (Lipinski definition) is 6. The first-order valence-electron chi connectivity index (χ1n) is 10.7. The van der Waals surface area contributed by atoms with Gasteiger partial charge in [0.2, 0.25) is 11.7 Å². The first-order chi connectivity index (χ1) is 16.1. The number of nitrogens with one attached hydrogen (secondary N) is 4. The fourth-order valence-electron chi connectivity index (χ4n) is 2.75. The van der Waals surface area contributed by atoms with Crippen molar-refractivity contribution in [2.45, 2.75) is 32.9 Å². The van der Waals surface area contributed by atoms with Crippen molar-refractivity contribution >= 4 is 35.0 Å². The van der Waals surface area contributed by atoms with Gasteiger partial charge in [0.15, 0.2) is 0 Å². The van der Waals surface area contributed by atoms with E-state index in [1.54, 1.807) is 36.4 Å². The molecule has 10 nitrogen and oxygen atoms in total. The third-order valence-electron chi connectivity index (χ3n) is 5.00. The number of aliphatic hydroxyl groups excluding tert-OH is 2. The Hall–Kier alpha value is -3.76. The highest BCUT2D eigenvalue weighted by atomic mass is 16.3. The highest BCUT2D eigenvalue weighted by Crippen LogP contribution is 2.19. The molecule has 0 saturated carbocycles. The van der Waals surface area contributed by atoms with Crippen molar-refractivity contribution in [2.75, 3.05) is 23.8 Å². The van der Waals surface area contributed by atoms with Gasteiger partial charge in [0, 0.05) is 36.3 Å². The van der Waals surface area contributed by atoms with Crippen molar-refractivity contribution in [3.63, 3.8) is 0 Å². The molecular formula is C24H30N4O6. The standard InChI is InChI=1S/C24H30N4O6/c1-24(2,15-29)20(31)22(33)25-13-12-19(30)21(32)26-14-16-8-10-18(11-9-16)28-23(34)27-17-6-4-3-5-7-17/h3-11,20,29,31H,12-15H2,1-2H3,(H,25,33)(H,26,32)(H2,27,28,34)/t20-/m0/s1. The lowest BCUT2D eigenvalue weighted by Gasteiger charge is -2.27. The summed E-state index contributed by atoms with van der Waals surface area (Å²) in [5.41, 5.74) is 0.913. The second-order valence-corrected chi connectivity index (χ2v) is 8.34. The minimum Gasteiger partial charge on any atom is -0.396 e. The highest BCUT2D eigenvalue weighted by molar-refractivity contribution is 6.36. The maximum Gasteiger partial charge on any atom is 0.323 e. The zero-order valence-electron chi connectivity index (χ0n) is 19.1. The monoisotopic (exact) mass is 470 g/mol. The van der Waals surface area contributed by atoms with E-state index in [0.29, 0.717) is 11.4 Å². The fraction of sp³-hybridized carbons (Fsp3) is 0.333. The summed E-state index contributed by atoms with van der Waals surface area (Å²) < 4.78 is 0. The van der Waals surface area contributed by atoms with Crippen LogP contribution in [0.3, 0.4) is 0 Å². The lowest BCUT2D eigenvalue weighted by atomic mass is 9.87. The summed E-state index contributed by atoms with van der Waals surface area (Å²) in [5.74, 6) is -2.24. The van der Waals surface area contributed by atoms with Crippen LogP contribution in [0.5, 0.6) is 0 Å². The molecule has 2 rings (SSSR count). The summed E-state index contributed by atoms with van der Waals surface area (Å²) in [5, 5.41) is 29.4. The maximum absolute atomic E-state index is 12.0. The van der Waals surface area contributed by atoms with Gasteiger partial charge in [0.25, 0.3) is 5.91 Å². The molecule has 1 atom stereocenters. The van der Waals surface area contributed by atoms with Gasteiger partial charge < -0.3 is 31.5 Å². The van der Waals surface area contributed by atoms with Gasteiger partial charge in [-0.05, 0) is 29.8 Å². The number of carbonyl (C=O) groups excluding carboxylic acids is 4.